The van der Waals surface area contributed by atoms with Gasteiger partial charge in [0.25, 0.3) is 0 Å². The van der Waals surface area contributed by atoms with E-state index in [-0.39, 0.29) is 24.2 Å². The lowest BCUT2D eigenvalue weighted by atomic mass is 10.1. The van der Waals surface area contributed by atoms with E-state index in [9.17, 15) is 4.79 Å². The first kappa shape index (κ1) is 18.3. The maximum absolute atomic E-state index is 12.1. The molecule has 0 radical (unpaired) electrons. The van der Waals surface area contributed by atoms with Crippen LogP contribution in [0, 0.1) is 5.92 Å². The fourth-order valence-corrected chi connectivity index (χ4v) is 2.73. The number of ether oxygens (including phenoxy) is 1. The van der Waals surface area contributed by atoms with Crippen molar-refractivity contribution in [3.8, 4) is 5.75 Å². The van der Waals surface area contributed by atoms with Crippen molar-refractivity contribution in [2.24, 2.45) is 5.92 Å². The zero-order valence-corrected chi connectivity index (χ0v) is 14.4. The molecule has 1 heterocycles. The van der Waals surface area contributed by atoms with E-state index in [0.717, 1.165) is 36.4 Å². The Balaban J connectivity index is 0.00000208. The van der Waals surface area contributed by atoms with Crippen LogP contribution in [0.4, 0.5) is 0 Å². The van der Waals surface area contributed by atoms with E-state index in [2.05, 4.69) is 10.6 Å². The van der Waals surface area contributed by atoms with Gasteiger partial charge < -0.3 is 15.4 Å². The normalized spacial score (nSPS) is 16.2. The van der Waals surface area contributed by atoms with Gasteiger partial charge in [-0.2, -0.15) is 0 Å². The number of para-hydroxylation sites is 1. The number of hydrogen-bond donors (Lipinski definition) is 2. The molecule has 2 aromatic carbocycles. The highest BCUT2D eigenvalue weighted by atomic mass is 35.5. The lowest BCUT2D eigenvalue weighted by molar-refractivity contribution is -0.124. The Hall–Kier alpha value is -2.04. The molecule has 1 amide bonds. The van der Waals surface area contributed by atoms with Crippen LogP contribution in [0.3, 0.4) is 0 Å². The van der Waals surface area contributed by atoms with Gasteiger partial charge in [-0.1, -0.05) is 48.5 Å². The van der Waals surface area contributed by atoms with Crippen molar-refractivity contribution in [2.45, 2.75) is 19.6 Å². The number of nitrogens with one attached hydrogen (secondary N) is 2. The first-order valence-electron chi connectivity index (χ1n) is 8.06. The van der Waals surface area contributed by atoms with Crippen molar-refractivity contribution in [2.75, 3.05) is 13.1 Å². The molecule has 1 aliphatic heterocycles. The third-order valence-electron chi connectivity index (χ3n) is 4.09. The summed E-state index contributed by atoms with van der Waals surface area (Å²) in [4.78, 5) is 12.1. The molecule has 1 saturated heterocycles. The monoisotopic (exact) mass is 346 g/mol. The van der Waals surface area contributed by atoms with Gasteiger partial charge in [0, 0.05) is 18.7 Å². The van der Waals surface area contributed by atoms with Crippen LogP contribution in [0.1, 0.15) is 17.5 Å². The first-order valence-corrected chi connectivity index (χ1v) is 8.06. The van der Waals surface area contributed by atoms with Crippen LogP contribution in [0.25, 0.3) is 0 Å². The van der Waals surface area contributed by atoms with Gasteiger partial charge in [0.2, 0.25) is 5.91 Å². The molecule has 1 aliphatic rings. The van der Waals surface area contributed by atoms with E-state index in [1.54, 1.807) is 0 Å². The van der Waals surface area contributed by atoms with Gasteiger partial charge >= 0.3 is 0 Å². The molecular weight excluding hydrogens is 324 g/mol. The van der Waals surface area contributed by atoms with Crippen molar-refractivity contribution in [1.29, 1.82) is 0 Å². The van der Waals surface area contributed by atoms with E-state index >= 15 is 0 Å². The Morgan fingerprint density at radius 3 is 2.62 bits per heavy atom. The largest absolute Gasteiger partial charge is 0.489 e. The summed E-state index contributed by atoms with van der Waals surface area (Å²) in [6.45, 7) is 2.73. The average molecular weight is 347 g/mol. The van der Waals surface area contributed by atoms with Crippen molar-refractivity contribution in [1.82, 2.24) is 10.6 Å². The molecule has 1 unspecified atom stereocenters. The topological polar surface area (TPSA) is 50.4 Å². The minimum Gasteiger partial charge on any atom is -0.489 e. The highest BCUT2D eigenvalue weighted by Crippen LogP contribution is 2.19. The minimum atomic E-state index is 0. The Morgan fingerprint density at radius 1 is 1.12 bits per heavy atom. The van der Waals surface area contributed by atoms with E-state index in [4.69, 9.17) is 4.74 Å². The summed E-state index contributed by atoms with van der Waals surface area (Å²) in [5.74, 6) is 1.03. The van der Waals surface area contributed by atoms with Crippen molar-refractivity contribution in [3.63, 3.8) is 0 Å². The van der Waals surface area contributed by atoms with Crippen LogP contribution in [0.5, 0.6) is 5.75 Å². The fourth-order valence-electron chi connectivity index (χ4n) is 2.73. The number of carbonyl (C=O) groups is 1. The van der Waals surface area contributed by atoms with Gasteiger partial charge in [0.1, 0.15) is 12.4 Å². The number of benzene rings is 2. The van der Waals surface area contributed by atoms with Crippen LogP contribution in [-0.4, -0.2) is 19.0 Å². The third kappa shape index (κ3) is 4.98. The average Bonchev–Trinajstić information content (AvgIpc) is 3.14. The van der Waals surface area contributed by atoms with Gasteiger partial charge in [-0.05, 0) is 24.6 Å². The molecular formula is C19H23ClN2O2. The molecule has 0 bridgehead atoms. The second kappa shape index (κ2) is 9.30. The van der Waals surface area contributed by atoms with E-state index < -0.39 is 0 Å². The Kier molecular flexibility index (Phi) is 7.09. The molecule has 1 atom stereocenters. The van der Waals surface area contributed by atoms with Gasteiger partial charge in [0.15, 0.2) is 0 Å². The second-order valence-corrected chi connectivity index (χ2v) is 5.79. The molecule has 0 aromatic heterocycles. The Labute approximate surface area is 149 Å². The van der Waals surface area contributed by atoms with Crippen molar-refractivity contribution in [3.05, 3.63) is 65.7 Å². The molecule has 0 spiro atoms. The van der Waals surface area contributed by atoms with Crippen LogP contribution < -0.4 is 15.4 Å². The Bertz CT molecular complexity index is 643. The molecule has 5 heteroatoms. The zero-order chi connectivity index (χ0) is 15.9. The molecule has 0 saturated carbocycles. The molecule has 1 fully saturated rings. The zero-order valence-electron chi connectivity index (χ0n) is 13.5. The summed E-state index contributed by atoms with van der Waals surface area (Å²) in [7, 11) is 0. The standard InChI is InChI=1S/C19H22N2O2.ClH/c22-19(17-10-11-20-12-17)21-13-16-8-4-5-9-18(16)23-14-15-6-2-1-3-7-15;/h1-9,17,20H,10-14H2,(H,21,22);1H. The molecule has 2 aromatic rings. The summed E-state index contributed by atoms with van der Waals surface area (Å²) >= 11 is 0. The van der Waals surface area contributed by atoms with E-state index in [0.29, 0.717) is 13.2 Å². The highest BCUT2D eigenvalue weighted by Gasteiger charge is 2.22. The maximum atomic E-state index is 12.1. The number of carbonyl (C=O) groups excluding carboxylic acids is 1. The van der Waals surface area contributed by atoms with Gasteiger partial charge in [-0.15, -0.1) is 12.4 Å². The lowest BCUT2D eigenvalue weighted by Crippen LogP contribution is -2.31. The number of hydrogen-bond acceptors (Lipinski definition) is 3. The summed E-state index contributed by atoms with van der Waals surface area (Å²) in [5, 5.41) is 6.24. The molecule has 24 heavy (non-hydrogen) atoms. The van der Waals surface area contributed by atoms with Crippen LogP contribution in [-0.2, 0) is 17.9 Å². The predicted octanol–water partition coefficient (Wildman–Crippen LogP) is 2.91. The smallest absolute Gasteiger partial charge is 0.224 e. The summed E-state index contributed by atoms with van der Waals surface area (Å²) in [6, 6.07) is 17.9. The van der Waals surface area contributed by atoms with Gasteiger partial charge in [-0.25, -0.2) is 0 Å². The number of rotatable bonds is 6. The summed E-state index contributed by atoms with van der Waals surface area (Å²) in [5.41, 5.74) is 2.13. The summed E-state index contributed by atoms with van der Waals surface area (Å²) in [6.07, 6.45) is 0.915. The molecule has 4 nitrogen and oxygen atoms in total. The fraction of sp³-hybridized carbons (Fsp3) is 0.316. The predicted molar refractivity (Wildman–Crippen MR) is 97.3 cm³/mol. The number of amides is 1. The van der Waals surface area contributed by atoms with Crippen molar-refractivity contribution >= 4 is 18.3 Å². The van der Waals surface area contributed by atoms with Crippen molar-refractivity contribution < 1.29 is 9.53 Å². The molecule has 3 rings (SSSR count). The quantitative estimate of drug-likeness (QED) is 0.845. The SMILES string of the molecule is Cl.O=C(NCc1ccccc1OCc1ccccc1)C1CCNC1. The lowest BCUT2D eigenvalue weighted by Gasteiger charge is -2.14. The van der Waals surface area contributed by atoms with Crippen LogP contribution >= 0.6 is 12.4 Å². The van der Waals surface area contributed by atoms with Crippen LogP contribution in [0.2, 0.25) is 0 Å². The molecule has 128 valence electrons. The van der Waals surface area contributed by atoms with Crippen LogP contribution in [0.15, 0.2) is 54.6 Å². The number of halogens is 1. The highest BCUT2D eigenvalue weighted by molar-refractivity contribution is 5.85. The Morgan fingerprint density at radius 2 is 1.88 bits per heavy atom. The second-order valence-electron chi connectivity index (χ2n) is 5.79. The van der Waals surface area contributed by atoms with E-state index in [1.807, 2.05) is 54.6 Å². The van der Waals surface area contributed by atoms with E-state index in [1.165, 1.54) is 0 Å². The summed E-state index contributed by atoms with van der Waals surface area (Å²) < 4.78 is 5.92. The van der Waals surface area contributed by atoms with Gasteiger partial charge in [-0.3, -0.25) is 4.79 Å². The maximum Gasteiger partial charge on any atom is 0.224 e. The molecule has 2 N–H and O–H groups in total. The minimum absolute atomic E-state index is 0. The first-order chi connectivity index (χ1) is 11.3. The molecule has 0 aliphatic carbocycles. The van der Waals surface area contributed by atoms with Gasteiger partial charge in [0.05, 0.1) is 5.92 Å². The third-order valence-corrected chi connectivity index (χ3v) is 4.09.